The molecule has 1 N–H and O–H groups in total. The lowest BCUT2D eigenvalue weighted by molar-refractivity contribution is -0.115. The van der Waals surface area contributed by atoms with Gasteiger partial charge in [0.25, 0.3) is 15.9 Å². The maximum absolute atomic E-state index is 14.0. The summed E-state index contributed by atoms with van der Waals surface area (Å²) in [5.74, 6) is -2.63. The van der Waals surface area contributed by atoms with Gasteiger partial charge in [-0.15, -0.1) is 0 Å². The quantitative estimate of drug-likeness (QED) is 0.478. The Labute approximate surface area is 180 Å². The molecule has 2 rings (SSSR count). The van der Waals surface area contributed by atoms with Crippen molar-refractivity contribution in [1.29, 1.82) is 0 Å². The Hall–Kier alpha value is -3.07. The Kier molecular flexibility index (Phi) is 8.04. The topological polar surface area (TPSA) is 84.8 Å². The van der Waals surface area contributed by atoms with Gasteiger partial charge in [0.2, 0.25) is 0 Å². The number of benzene rings is 2. The van der Waals surface area contributed by atoms with Gasteiger partial charge in [-0.05, 0) is 51.5 Å². The number of carbonyl (C=O) groups is 1. The van der Waals surface area contributed by atoms with Gasteiger partial charge in [0, 0.05) is 0 Å². The van der Waals surface area contributed by atoms with E-state index in [0.717, 1.165) is 12.1 Å². The predicted molar refractivity (Wildman–Crippen MR) is 114 cm³/mol. The Morgan fingerprint density at radius 3 is 2.32 bits per heavy atom. The molecule has 0 fully saturated rings. The van der Waals surface area contributed by atoms with E-state index in [2.05, 4.69) is 4.99 Å². The third kappa shape index (κ3) is 6.21. The first-order chi connectivity index (χ1) is 14.6. The summed E-state index contributed by atoms with van der Waals surface area (Å²) in [5.41, 5.74) is -0.782. The van der Waals surface area contributed by atoms with Gasteiger partial charge in [-0.1, -0.05) is 31.2 Å². The van der Waals surface area contributed by atoms with E-state index in [0.29, 0.717) is 6.42 Å². The van der Waals surface area contributed by atoms with E-state index in [1.165, 1.54) is 37.3 Å². The highest BCUT2D eigenvalue weighted by atomic mass is 32.2. The monoisotopic (exact) mass is 450 g/mol. The van der Waals surface area contributed by atoms with Crippen molar-refractivity contribution in [2.45, 2.75) is 45.1 Å². The van der Waals surface area contributed by atoms with Crippen molar-refractivity contribution in [3.8, 4) is 5.75 Å². The highest BCUT2D eigenvalue weighted by molar-refractivity contribution is 7.90. The number of ether oxygens (including phenoxy) is 1. The number of carbonyl (C=O) groups excluding carboxylic acids is 1. The molecule has 0 aliphatic rings. The molecule has 6 nitrogen and oxygen atoms in total. The SMILES string of the molecule is CC/C=C(\N=C(C)c1c(F)cccc1F)C(=O)NS(=O)(=O)c1ccccc1OC(C)C. The van der Waals surface area contributed by atoms with E-state index < -0.39 is 33.1 Å². The van der Waals surface area contributed by atoms with Gasteiger partial charge in [-0.3, -0.25) is 4.79 Å². The van der Waals surface area contributed by atoms with Crippen LogP contribution >= 0.6 is 0 Å². The number of sulfonamides is 1. The smallest absolute Gasteiger partial charge is 0.283 e. The molecule has 0 atom stereocenters. The Morgan fingerprint density at radius 2 is 1.74 bits per heavy atom. The number of para-hydroxylation sites is 1. The molecule has 0 saturated heterocycles. The summed E-state index contributed by atoms with van der Waals surface area (Å²) in [6.07, 6.45) is 1.42. The van der Waals surface area contributed by atoms with Crippen LogP contribution < -0.4 is 9.46 Å². The van der Waals surface area contributed by atoms with Crippen molar-refractivity contribution in [3.05, 3.63) is 71.4 Å². The van der Waals surface area contributed by atoms with Crippen molar-refractivity contribution in [3.63, 3.8) is 0 Å². The lowest BCUT2D eigenvalue weighted by Gasteiger charge is -2.15. The normalized spacial score (nSPS) is 12.7. The molecule has 0 bridgehead atoms. The summed E-state index contributed by atoms with van der Waals surface area (Å²) >= 11 is 0. The van der Waals surface area contributed by atoms with Crippen LogP contribution in [-0.2, 0) is 14.8 Å². The standard InChI is InChI=1S/C22H24F2N2O4S/c1-5-9-18(25-15(4)21-16(23)10-8-11-17(21)24)22(27)26-31(28,29)20-13-7-6-12-19(20)30-14(2)3/h6-14H,5H2,1-4H3,(H,26,27)/b18-9-,25-15?. The van der Waals surface area contributed by atoms with Gasteiger partial charge in [-0.2, -0.15) is 0 Å². The van der Waals surface area contributed by atoms with Gasteiger partial charge in [-0.25, -0.2) is 26.9 Å². The average Bonchev–Trinajstić information content (AvgIpc) is 2.67. The predicted octanol–water partition coefficient (Wildman–Crippen LogP) is 4.36. The number of hydrogen-bond acceptors (Lipinski definition) is 5. The fraction of sp³-hybridized carbons (Fsp3) is 0.273. The summed E-state index contributed by atoms with van der Waals surface area (Å²) in [7, 11) is -4.30. The van der Waals surface area contributed by atoms with Gasteiger partial charge < -0.3 is 4.74 Å². The molecule has 0 aliphatic heterocycles. The minimum atomic E-state index is -4.30. The summed E-state index contributed by atoms with van der Waals surface area (Å²) < 4.78 is 61.1. The first-order valence-corrected chi connectivity index (χ1v) is 11.1. The van der Waals surface area contributed by atoms with Gasteiger partial charge in [0.05, 0.1) is 17.4 Å². The average molecular weight is 451 g/mol. The van der Waals surface area contributed by atoms with Crippen LogP contribution in [0.15, 0.2) is 64.1 Å². The zero-order valence-corrected chi connectivity index (χ0v) is 18.5. The molecule has 0 spiro atoms. The Balaban J connectivity index is 2.38. The summed E-state index contributed by atoms with van der Waals surface area (Å²) in [6.45, 7) is 6.52. The van der Waals surface area contributed by atoms with E-state index >= 15 is 0 Å². The van der Waals surface area contributed by atoms with Crippen molar-refractivity contribution < 1.29 is 26.7 Å². The molecule has 2 aromatic rings. The fourth-order valence-corrected chi connectivity index (χ4v) is 3.81. The first-order valence-electron chi connectivity index (χ1n) is 9.59. The molecule has 0 aliphatic carbocycles. The number of amides is 1. The van der Waals surface area contributed by atoms with E-state index in [-0.39, 0.29) is 28.2 Å². The van der Waals surface area contributed by atoms with Crippen molar-refractivity contribution >= 4 is 21.6 Å². The summed E-state index contributed by atoms with van der Waals surface area (Å²) in [4.78, 5) is 16.5. The molecule has 1 amide bonds. The molecule has 0 radical (unpaired) electrons. The van der Waals surface area contributed by atoms with Crippen LogP contribution in [0.4, 0.5) is 8.78 Å². The lowest BCUT2D eigenvalue weighted by atomic mass is 10.1. The maximum atomic E-state index is 14.0. The molecule has 31 heavy (non-hydrogen) atoms. The Morgan fingerprint density at radius 1 is 1.13 bits per heavy atom. The molecule has 0 unspecified atom stereocenters. The van der Waals surface area contributed by atoms with Gasteiger partial charge >= 0.3 is 0 Å². The van der Waals surface area contributed by atoms with Crippen molar-refractivity contribution in [1.82, 2.24) is 4.72 Å². The molecular formula is C22H24F2N2O4S. The number of aliphatic imine (C=N–C) groups is 1. The number of rotatable bonds is 8. The molecule has 166 valence electrons. The molecule has 0 aromatic heterocycles. The molecule has 2 aromatic carbocycles. The van der Waals surface area contributed by atoms with Crippen LogP contribution in [0, 0.1) is 11.6 Å². The van der Waals surface area contributed by atoms with E-state index in [9.17, 15) is 22.0 Å². The number of nitrogens with one attached hydrogen (secondary N) is 1. The van der Waals surface area contributed by atoms with Crippen LogP contribution in [0.25, 0.3) is 0 Å². The van der Waals surface area contributed by atoms with Crippen LogP contribution in [0.1, 0.15) is 39.7 Å². The highest BCUT2D eigenvalue weighted by Gasteiger charge is 2.24. The number of nitrogens with zero attached hydrogens (tertiary/aromatic N) is 1. The lowest BCUT2D eigenvalue weighted by Crippen LogP contribution is -2.32. The largest absolute Gasteiger partial charge is 0.490 e. The third-order valence-electron chi connectivity index (χ3n) is 3.97. The maximum Gasteiger partial charge on any atom is 0.283 e. The molecule has 0 heterocycles. The second-order valence-corrected chi connectivity index (χ2v) is 8.49. The molecule has 9 heteroatoms. The van der Waals surface area contributed by atoms with Crippen molar-refractivity contribution in [2.75, 3.05) is 0 Å². The van der Waals surface area contributed by atoms with Crippen LogP contribution in [-0.4, -0.2) is 26.1 Å². The summed E-state index contributed by atoms with van der Waals surface area (Å²) in [6, 6.07) is 9.23. The number of allylic oxidation sites excluding steroid dienone is 1. The van der Waals surface area contributed by atoms with Crippen LogP contribution in [0.2, 0.25) is 0 Å². The number of halogens is 2. The third-order valence-corrected chi connectivity index (χ3v) is 5.34. The van der Waals surface area contributed by atoms with E-state index in [1.54, 1.807) is 26.8 Å². The second kappa shape index (κ2) is 10.3. The zero-order valence-electron chi connectivity index (χ0n) is 17.6. The van der Waals surface area contributed by atoms with Crippen molar-refractivity contribution in [2.24, 2.45) is 4.99 Å². The van der Waals surface area contributed by atoms with Gasteiger partial charge in [0.1, 0.15) is 28.0 Å². The number of hydrogen-bond donors (Lipinski definition) is 1. The molecule has 0 saturated carbocycles. The summed E-state index contributed by atoms with van der Waals surface area (Å²) in [5, 5.41) is 0. The fourth-order valence-electron chi connectivity index (χ4n) is 2.72. The van der Waals surface area contributed by atoms with E-state index in [4.69, 9.17) is 4.74 Å². The Bertz CT molecular complexity index is 1110. The van der Waals surface area contributed by atoms with Crippen LogP contribution in [0.5, 0.6) is 5.75 Å². The highest BCUT2D eigenvalue weighted by Crippen LogP contribution is 2.24. The van der Waals surface area contributed by atoms with Crippen LogP contribution in [0.3, 0.4) is 0 Å². The first kappa shape index (κ1) is 24.2. The minimum absolute atomic E-state index is 0.0898. The molecular weight excluding hydrogens is 426 g/mol. The zero-order chi connectivity index (χ0) is 23.2. The second-order valence-electron chi connectivity index (χ2n) is 6.84. The minimum Gasteiger partial charge on any atom is -0.490 e. The van der Waals surface area contributed by atoms with Gasteiger partial charge in [0.15, 0.2) is 0 Å². The van der Waals surface area contributed by atoms with E-state index in [1.807, 2.05) is 4.72 Å².